The Hall–Kier alpha value is -2.75. The van der Waals surface area contributed by atoms with Crippen LogP contribution in [0.25, 0.3) is 10.9 Å². The van der Waals surface area contributed by atoms with Crippen molar-refractivity contribution in [2.75, 3.05) is 25.6 Å². The lowest BCUT2D eigenvalue weighted by Crippen LogP contribution is -2.13. The Labute approximate surface area is 147 Å². The van der Waals surface area contributed by atoms with E-state index in [2.05, 4.69) is 23.5 Å². The molecule has 0 aliphatic heterocycles. The number of pyridine rings is 1. The minimum Gasteiger partial charge on any atom is -0.497 e. The van der Waals surface area contributed by atoms with Gasteiger partial charge in [0.1, 0.15) is 18.1 Å². The van der Waals surface area contributed by atoms with Crippen LogP contribution in [0.3, 0.4) is 0 Å². The second kappa shape index (κ2) is 7.01. The number of fused-ring (bicyclic) bond motifs is 2. The van der Waals surface area contributed by atoms with Crippen LogP contribution in [0.4, 0.5) is 5.69 Å². The van der Waals surface area contributed by atoms with Gasteiger partial charge in [0.05, 0.1) is 12.6 Å². The van der Waals surface area contributed by atoms with E-state index in [9.17, 15) is 0 Å². The summed E-state index contributed by atoms with van der Waals surface area (Å²) in [5.41, 5.74) is 4.93. The van der Waals surface area contributed by atoms with E-state index in [4.69, 9.17) is 14.5 Å². The van der Waals surface area contributed by atoms with Gasteiger partial charge < -0.3 is 14.8 Å². The highest BCUT2D eigenvalue weighted by atomic mass is 16.5. The molecule has 0 saturated heterocycles. The highest BCUT2D eigenvalue weighted by Crippen LogP contribution is 2.33. The molecule has 0 saturated carbocycles. The molecule has 25 heavy (non-hydrogen) atoms. The van der Waals surface area contributed by atoms with Crippen molar-refractivity contribution in [2.24, 2.45) is 0 Å². The van der Waals surface area contributed by atoms with Crippen LogP contribution < -0.4 is 14.8 Å². The number of benzene rings is 2. The largest absolute Gasteiger partial charge is 0.497 e. The molecule has 1 aromatic heterocycles. The second-order valence-electron chi connectivity index (χ2n) is 6.23. The summed E-state index contributed by atoms with van der Waals surface area (Å²) in [4.78, 5) is 4.83. The van der Waals surface area contributed by atoms with E-state index < -0.39 is 0 Å². The highest BCUT2D eigenvalue weighted by Gasteiger charge is 2.19. The number of hydrogen-bond acceptors (Lipinski definition) is 4. The number of rotatable bonds is 6. The molecule has 1 heterocycles. The maximum absolute atomic E-state index is 5.82. The van der Waals surface area contributed by atoms with E-state index in [0.717, 1.165) is 36.4 Å². The lowest BCUT2D eigenvalue weighted by atomic mass is 10.1. The molecule has 0 spiro atoms. The minimum atomic E-state index is 0.609. The van der Waals surface area contributed by atoms with Crippen molar-refractivity contribution in [1.29, 1.82) is 0 Å². The van der Waals surface area contributed by atoms with Gasteiger partial charge in [-0.3, -0.25) is 4.98 Å². The van der Waals surface area contributed by atoms with E-state index in [1.54, 1.807) is 7.11 Å². The summed E-state index contributed by atoms with van der Waals surface area (Å²) >= 11 is 0. The first-order valence-electron chi connectivity index (χ1n) is 8.76. The molecule has 4 nitrogen and oxygen atoms in total. The zero-order valence-electron chi connectivity index (χ0n) is 14.4. The van der Waals surface area contributed by atoms with Crippen molar-refractivity contribution in [1.82, 2.24) is 4.98 Å². The predicted molar refractivity (Wildman–Crippen MR) is 101 cm³/mol. The number of methoxy groups -OCH3 is 1. The van der Waals surface area contributed by atoms with E-state index >= 15 is 0 Å². The molecule has 4 rings (SSSR count). The van der Waals surface area contributed by atoms with Gasteiger partial charge in [0.15, 0.2) is 0 Å². The standard InChI is InChI=1S/C21H22N2O2/c1-24-15-9-11-16(12-10-15)25-14-13-22-21-17-5-2-3-7-19(17)23-20-8-4-6-18(20)21/h2-3,5,7,9-12H,4,6,8,13-14H2,1H3,(H,22,23). The maximum Gasteiger partial charge on any atom is 0.119 e. The Bertz CT molecular complexity index is 875. The average Bonchev–Trinajstić information content (AvgIpc) is 3.13. The molecular weight excluding hydrogens is 312 g/mol. The molecule has 0 unspecified atom stereocenters. The first-order chi connectivity index (χ1) is 12.3. The van der Waals surface area contributed by atoms with E-state index in [1.807, 2.05) is 30.3 Å². The van der Waals surface area contributed by atoms with Crippen LogP contribution in [0.15, 0.2) is 48.5 Å². The summed E-state index contributed by atoms with van der Waals surface area (Å²) in [7, 11) is 1.66. The van der Waals surface area contributed by atoms with Crippen molar-refractivity contribution in [3.05, 3.63) is 59.8 Å². The molecule has 0 radical (unpaired) electrons. The van der Waals surface area contributed by atoms with Crippen molar-refractivity contribution in [3.63, 3.8) is 0 Å². The molecule has 128 valence electrons. The molecule has 2 aromatic carbocycles. The first kappa shape index (κ1) is 15.8. The monoisotopic (exact) mass is 334 g/mol. The fraction of sp³-hybridized carbons (Fsp3) is 0.286. The summed E-state index contributed by atoms with van der Waals surface area (Å²) in [6.07, 6.45) is 3.38. The molecular formula is C21H22N2O2. The van der Waals surface area contributed by atoms with Crippen molar-refractivity contribution >= 4 is 16.6 Å². The smallest absolute Gasteiger partial charge is 0.119 e. The van der Waals surface area contributed by atoms with Crippen LogP contribution in [0.5, 0.6) is 11.5 Å². The fourth-order valence-electron chi connectivity index (χ4n) is 3.43. The maximum atomic E-state index is 5.82. The van der Waals surface area contributed by atoms with Gasteiger partial charge in [-0.25, -0.2) is 0 Å². The second-order valence-corrected chi connectivity index (χ2v) is 6.23. The quantitative estimate of drug-likeness (QED) is 0.685. The van der Waals surface area contributed by atoms with Crippen LogP contribution in [0, 0.1) is 0 Å². The molecule has 0 fully saturated rings. The van der Waals surface area contributed by atoms with Gasteiger partial charge in [-0.1, -0.05) is 18.2 Å². The Morgan fingerprint density at radius 3 is 2.64 bits per heavy atom. The van der Waals surface area contributed by atoms with Gasteiger partial charge in [0.25, 0.3) is 0 Å². The number of nitrogens with zero attached hydrogens (tertiary/aromatic N) is 1. The normalized spacial score (nSPS) is 12.8. The third-order valence-corrected chi connectivity index (χ3v) is 4.65. The molecule has 0 amide bonds. The number of aromatic nitrogens is 1. The molecule has 0 atom stereocenters. The average molecular weight is 334 g/mol. The van der Waals surface area contributed by atoms with Gasteiger partial charge in [-0.2, -0.15) is 0 Å². The van der Waals surface area contributed by atoms with Crippen LogP contribution in [-0.2, 0) is 12.8 Å². The van der Waals surface area contributed by atoms with Crippen LogP contribution in [0.1, 0.15) is 17.7 Å². The zero-order chi connectivity index (χ0) is 17.1. The number of aryl methyl sites for hydroxylation is 1. The molecule has 0 bridgehead atoms. The lowest BCUT2D eigenvalue weighted by molar-refractivity contribution is 0.332. The lowest BCUT2D eigenvalue weighted by Gasteiger charge is -2.15. The molecule has 4 heteroatoms. The van der Waals surface area contributed by atoms with Gasteiger partial charge in [0, 0.05) is 23.3 Å². The van der Waals surface area contributed by atoms with E-state index in [1.165, 1.54) is 28.8 Å². The van der Waals surface area contributed by atoms with Crippen molar-refractivity contribution in [2.45, 2.75) is 19.3 Å². The van der Waals surface area contributed by atoms with Crippen LogP contribution >= 0.6 is 0 Å². The number of anilines is 1. The summed E-state index contributed by atoms with van der Waals surface area (Å²) in [6, 6.07) is 16.0. The molecule has 1 aliphatic carbocycles. The van der Waals surface area contributed by atoms with Gasteiger partial charge in [-0.15, -0.1) is 0 Å². The Morgan fingerprint density at radius 1 is 1.00 bits per heavy atom. The topological polar surface area (TPSA) is 43.4 Å². The van der Waals surface area contributed by atoms with Gasteiger partial charge in [-0.05, 0) is 55.2 Å². The third kappa shape index (κ3) is 3.25. The number of ether oxygens (including phenoxy) is 2. The highest BCUT2D eigenvalue weighted by molar-refractivity contribution is 5.93. The van der Waals surface area contributed by atoms with Gasteiger partial charge in [0.2, 0.25) is 0 Å². The molecule has 1 N–H and O–H groups in total. The summed E-state index contributed by atoms with van der Waals surface area (Å²) < 4.78 is 11.0. The van der Waals surface area contributed by atoms with Crippen LogP contribution in [-0.4, -0.2) is 25.2 Å². The zero-order valence-corrected chi connectivity index (χ0v) is 14.4. The number of hydrogen-bond donors (Lipinski definition) is 1. The van der Waals surface area contributed by atoms with Crippen molar-refractivity contribution in [3.8, 4) is 11.5 Å². The summed E-state index contributed by atoms with van der Waals surface area (Å²) in [6.45, 7) is 1.37. The molecule has 1 aliphatic rings. The SMILES string of the molecule is COc1ccc(OCCNc2c3c(nc4ccccc24)CCC3)cc1. The minimum absolute atomic E-state index is 0.609. The Balaban J connectivity index is 1.46. The third-order valence-electron chi connectivity index (χ3n) is 4.65. The van der Waals surface area contributed by atoms with E-state index in [0.29, 0.717) is 6.61 Å². The summed E-state index contributed by atoms with van der Waals surface area (Å²) in [5, 5.41) is 4.79. The Morgan fingerprint density at radius 2 is 1.80 bits per heavy atom. The summed E-state index contributed by atoms with van der Waals surface area (Å²) in [5.74, 6) is 1.69. The first-order valence-corrected chi connectivity index (χ1v) is 8.76. The number of para-hydroxylation sites is 1. The van der Waals surface area contributed by atoms with E-state index in [-0.39, 0.29) is 0 Å². The molecule has 3 aromatic rings. The predicted octanol–water partition coefficient (Wildman–Crippen LogP) is 4.22. The number of nitrogens with one attached hydrogen (secondary N) is 1. The van der Waals surface area contributed by atoms with Gasteiger partial charge >= 0.3 is 0 Å². The van der Waals surface area contributed by atoms with Crippen molar-refractivity contribution < 1.29 is 9.47 Å². The van der Waals surface area contributed by atoms with Crippen LogP contribution in [0.2, 0.25) is 0 Å². The Kier molecular flexibility index (Phi) is 4.42. The fourth-order valence-corrected chi connectivity index (χ4v) is 3.43.